The number of nitrogens with one attached hydrogen (secondary N) is 1. The van der Waals surface area contributed by atoms with Gasteiger partial charge in [0.2, 0.25) is 5.91 Å². The standard InChI is InChI=1S/C19H29N3O4.2ClH/c1-24-15-4-2-14(3-5-15)17(22-8-10-25-11-9-22)13-21-19(23)18-7-6-16(12-20)26-18;;/h2-5,16-18H,6-13,20H2,1H3,(H,21,23);2*1H/t16-,17?,18+;;/m1../s1. The zero-order valence-corrected chi connectivity index (χ0v) is 17.8. The minimum atomic E-state index is -0.384. The number of amides is 1. The van der Waals surface area contributed by atoms with Gasteiger partial charge >= 0.3 is 0 Å². The van der Waals surface area contributed by atoms with Gasteiger partial charge in [-0.15, -0.1) is 24.8 Å². The second-order valence-electron chi connectivity index (χ2n) is 6.74. The summed E-state index contributed by atoms with van der Waals surface area (Å²) >= 11 is 0. The van der Waals surface area contributed by atoms with E-state index in [4.69, 9.17) is 19.9 Å². The van der Waals surface area contributed by atoms with Gasteiger partial charge in [-0.25, -0.2) is 0 Å². The number of methoxy groups -OCH3 is 1. The van der Waals surface area contributed by atoms with E-state index in [1.54, 1.807) is 7.11 Å². The van der Waals surface area contributed by atoms with Gasteiger partial charge in [-0.2, -0.15) is 0 Å². The van der Waals surface area contributed by atoms with Crippen LogP contribution in [0.3, 0.4) is 0 Å². The molecule has 0 radical (unpaired) electrons. The number of halogens is 2. The molecule has 3 N–H and O–H groups in total. The predicted molar refractivity (Wildman–Crippen MR) is 113 cm³/mol. The normalized spacial score (nSPS) is 23.2. The number of nitrogens with zero attached hydrogens (tertiary/aromatic N) is 1. The molecule has 0 aromatic heterocycles. The second kappa shape index (κ2) is 12.5. The fourth-order valence-corrected chi connectivity index (χ4v) is 3.56. The van der Waals surface area contributed by atoms with Crippen molar-refractivity contribution in [3.8, 4) is 5.75 Å². The van der Waals surface area contributed by atoms with Crippen molar-refractivity contribution in [2.75, 3.05) is 46.5 Å². The molecule has 28 heavy (non-hydrogen) atoms. The van der Waals surface area contributed by atoms with Crippen LogP contribution in [-0.2, 0) is 14.3 Å². The smallest absolute Gasteiger partial charge is 0.249 e. The van der Waals surface area contributed by atoms with Crippen molar-refractivity contribution < 1.29 is 19.0 Å². The Morgan fingerprint density at radius 2 is 1.93 bits per heavy atom. The number of benzene rings is 1. The van der Waals surface area contributed by atoms with Crippen LogP contribution in [-0.4, -0.2) is 69.5 Å². The van der Waals surface area contributed by atoms with Gasteiger partial charge in [-0.05, 0) is 30.5 Å². The van der Waals surface area contributed by atoms with E-state index in [0.29, 0.717) is 26.3 Å². The molecule has 1 unspecified atom stereocenters. The molecule has 2 saturated heterocycles. The zero-order valence-electron chi connectivity index (χ0n) is 16.2. The molecular formula is C19H31Cl2N3O4. The van der Waals surface area contributed by atoms with Gasteiger partial charge in [0, 0.05) is 26.2 Å². The fourth-order valence-electron chi connectivity index (χ4n) is 3.56. The molecule has 160 valence electrons. The Hall–Kier alpha value is -1.09. The summed E-state index contributed by atoms with van der Waals surface area (Å²) in [4.78, 5) is 14.8. The van der Waals surface area contributed by atoms with E-state index in [9.17, 15) is 4.79 Å². The lowest BCUT2D eigenvalue weighted by Crippen LogP contribution is -2.45. The highest BCUT2D eigenvalue weighted by Crippen LogP contribution is 2.24. The molecule has 3 atom stereocenters. The molecule has 1 aromatic carbocycles. The zero-order chi connectivity index (χ0) is 18.4. The van der Waals surface area contributed by atoms with Crippen LogP contribution in [0.5, 0.6) is 5.75 Å². The van der Waals surface area contributed by atoms with Crippen molar-refractivity contribution in [3.63, 3.8) is 0 Å². The number of carbonyl (C=O) groups is 1. The summed E-state index contributed by atoms with van der Waals surface area (Å²) in [5, 5.41) is 3.08. The third-order valence-electron chi connectivity index (χ3n) is 5.12. The van der Waals surface area contributed by atoms with Crippen molar-refractivity contribution in [2.24, 2.45) is 5.73 Å². The SMILES string of the molecule is COc1ccc(C(CNC(=O)[C@@H]2CC[C@H](CN)O2)N2CCOCC2)cc1.Cl.Cl. The predicted octanol–water partition coefficient (Wildman–Crippen LogP) is 1.53. The number of morpholine rings is 1. The molecule has 0 bridgehead atoms. The molecule has 0 spiro atoms. The van der Waals surface area contributed by atoms with Gasteiger partial charge in [0.25, 0.3) is 0 Å². The average Bonchev–Trinajstić information content (AvgIpc) is 3.19. The summed E-state index contributed by atoms with van der Waals surface area (Å²) < 4.78 is 16.4. The summed E-state index contributed by atoms with van der Waals surface area (Å²) in [6.07, 6.45) is 1.20. The molecule has 3 rings (SSSR count). The Bertz CT molecular complexity index is 585. The summed E-state index contributed by atoms with van der Waals surface area (Å²) in [6.45, 7) is 4.13. The van der Waals surface area contributed by atoms with Crippen molar-refractivity contribution in [1.29, 1.82) is 0 Å². The summed E-state index contributed by atoms with van der Waals surface area (Å²) in [5.74, 6) is 0.776. The number of nitrogens with two attached hydrogens (primary N) is 1. The largest absolute Gasteiger partial charge is 0.497 e. The number of carbonyl (C=O) groups excluding carboxylic acids is 1. The first-order valence-corrected chi connectivity index (χ1v) is 9.30. The van der Waals surface area contributed by atoms with Crippen LogP contribution >= 0.6 is 24.8 Å². The maximum Gasteiger partial charge on any atom is 0.249 e. The summed E-state index contributed by atoms with van der Waals surface area (Å²) in [6, 6.07) is 8.12. The van der Waals surface area contributed by atoms with Crippen LogP contribution in [0.25, 0.3) is 0 Å². The Balaban J connectivity index is 0.00000196. The topological polar surface area (TPSA) is 86.0 Å². The van der Waals surface area contributed by atoms with Crippen LogP contribution in [0, 0.1) is 0 Å². The molecule has 9 heteroatoms. The third kappa shape index (κ3) is 6.47. The first-order valence-electron chi connectivity index (χ1n) is 9.30. The highest BCUT2D eigenvalue weighted by molar-refractivity contribution is 5.85. The lowest BCUT2D eigenvalue weighted by molar-refractivity contribution is -0.132. The van der Waals surface area contributed by atoms with Crippen molar-refractivity contribution in [1.82, 2.24) is 10.2 Å². The number of hydrogen-bond donors (Lipinski definition) is 2. The van der Waals surface area contributed by atoms with Gasteiger partial charge < -0.3 is 25.3 Å². The van der Waals surface area contributed by atoms with E-state index >= 15 is 0 Å². The van der Waals surface area contributed by atoms with Crippen molar-refractivity contribution >= 4 is 30.7 Å². The summed E-state index contributed by atoms with van der Waals surface area (Å²) in [5.41, 5.74) is 6.78. The van der Waals surface area contributed by atoms with Crippen LogP contribution in [0.1, 0.15) is 24.4 Å². The van der Waals surface area contributed by atoms with E-state index < -0.39 is 0 Å². The van der Waals surface area contributed by atoms with E-state index in [0.717, 1.165) is 37.2 Å². The van der Waals surface area contributed by atoms with Crippen LogP contribution < -0.4 is 15.8 Å². The molecule has 2 aliphatic heterocycles. The van der Waals surface area contributed by atoms with Gasteiger partial charge in [-0.3, -0.25) is 9.69 Å². The Morgan fingerprint density at radius 1 is 1.25 bits per heavy atom. The highest BCUT2D eigenvalue weighted by atomic mass is 35.5. The average molecular weight is 436 g/mol. The molecule has 2 heterocycles. The van der Waals surface area contributed by atoms with Crippen molar-refractivity contribution in [3.05, 3.63) is 29.8 Å². The minimum Gasteiger partial charge on any atom is -0.497 e. The van der Waals surface area contributed by atoms with E-state index in [-0.39, 0.29) is 49.0 Å². The monoisotopic (exact) mass is 435 g/mol. The van der Waals surface area contributed by atoms with Gasteiger partial charge in [0.05, 0.1) is 32.5 Å². The molecule has 1 aromatic rings. The lowest BCUT2D eigenvalue weighted by atomic mass is 10.0. The van der Waals surface area contributed by atoms with Gasteiger partial charge in [0.1, 0.15) is 11.9 Å². The first-order chi connectivity index (χ1) is 12.7. The summed E-state index contributed by atoms with van der Waals surface area (Å²) in [7, 11) is 1.66. The van der Waals surface area contributed by atoms with Crippen LogP contribution in [0.4, 0.5) is 0 Å². The number of hydrogen-bond acceptors (Lipinski definition) is 6. The Kier molecular flexibility index (Phi) is 11.1. The van der Waals surface area contributed by atoms with Crippen molar-refractivity contribution in [2.45, 2.75) is 31.1 Å². The molecule has 2 aliphatic rings. The minimum absolute atomic E-state index is 0. The van der Waals surface area contributed by atoms with E-state index in [2.05, 4.69) is 22.3 Å². The fraction of sp³-hybridized carbons (Fsp3) is 0.632. The molecule has 0 aliphatic carbocycles. The third-order valence-corrected chi connectivity index (χ3v) is 5.12. The molecular weight excluding hydrogens is 405 g/mol. The number of rotatable bonds is 7. The lowest BCUT2D eigenvalue weighted by Gasteiger charge is -2.35. The quantitative estimate of drug-likeness (QED) is 0.675. The maximum absolute atomic E-state index is 12.5. The Labute approximate surface area is 179 Å². The first kappa shape index (κ1) is 24.9. The Morgan fingerprint density at radius 3 is 2.50 bits per heavy atom. The van der Waals surface area contributed by atoms with E-state index in [1.165, 1.54) is 0 Å². The molecule has 1 amide bonds. The maximum atomic E-state index is 12.5. The highest BCUT2D eigenvalue weighted by Gasteiger charge is 2.31. The molecule has 2 fully saturated rings. The molecule has 0 saturated carbocycles. The van der Waals surface area contributed by atoms with E-state index in [1.807, 2.05) is 12.1 Å². The second-order valence-corrected chi connectivity index (χ2v) is 6.74. The van der Waals surface area contributed by atoms with Crippen LogP contribution in [0.15, 0.2) is 24.3 Å². The van der Waals surface area contributed by atoms with Crippen LogP contribution in [0.2, 0.25) is 0 Å². The van der Waals surface area contributed by atoms with Gasteiger partial charge in [0.15, 0.2) is 0 Å². The molecule has 7 nitrogen and oxygen atoms in total. The van der Waals surface area contributed by atoms with Gasteiger partial charge in [-0.1, -0.05) is 12.1 Å². The number of ether oxygens (including phenoxy) is 3.